The number of amidine groups is 1. The van der Waals surface area contributed by atoms with Crippen LogP contribution in [-0.2, 0) is 14.6 Å². The van der Waals surface area contributed by atoms with Crippen molar-refractivity contribution in [3.8, 4) is 0 Å². The molecule has 0 saturated carbocycles. The van der Waals surface area contributed by atoms with Crippen LogP contribution in [0.5, 0.6) is 0 Å². The zero-order chi connectivity index (χ0) is 12.9. The summed E-state index contributed by atoms with van der Waals surface area (Å²) in [7, 11) is -1.93. The van der Waals surface area contributed by atoms with Crippen LogP contribution in [0.1, 0.15) is 13.3 Å². The van der Waals surface area contributed by atoms with Crippen LogP contribution in [-0.4, -0.2) is 55.4 Å². The summed E-state index contributed by atoms with van der Waals surface area (Å²) in [6.45, 7) is 1.53. The Hall–Kier alpha value is -1.31. The van der Waals surface area contributed by atoms with Gasteiger partial charge in [0.25, 0.3) is 0 Å². The van der Waals surface area contributed by atoms with E-state index < -0.39 is 21.0 Å². The van der Waals surface area contributed by atoms with Crippen LogP contribution in [0.2, 0.25) is 0 Å². The molecule has 8 heteroatoms. The van der Waals surface area contributed by atoms with E-state index in [4.69, 9.17) is 10.9 Å². The second-order valence-electron chi connectivity index (χ2n) is 3.57. The van der Waals surface area contributed by atoms with Crippen molar-refractivity contribution in [2.75, 3.05) is 19.8 Å². The number of sulfone groups is 1. The number of rotatable bonds is 5. The van der Waals surface area contributed by atoms with Gasteiger partial charge in [-0.25, -0.2) is 8.42 Å². The lowest BCUT2D eigenvalue weighted by Gasteiger charge is -2.20. The molecule has 0 aliphatic carbocycles. The van der Waals surface area contributed by atoms with E-state index in [1.54, 1.807) is 0 Å². The van der Waals surface area contributed by atoms with Crippen LogP contribution in [0.25, 0.3) is 0 Å². The normalized spacial score (nSPS) is 14.6. The van der Waals surface area contributed by atoms with E-state index in [2.05, 4.69) is 5.16 Å². The molecule has 3 N–H and O–H groups in total. The van der Waals surface area contributed by atoms with Crippen LogP contribution in [0.4, 0.5) is 0 Å². The van der Waals surface area contributed by atoms with Crippen LogP contribution >= 0.6 is 0 Å². The molecular weight excluding hydrogens is 234 g/mol. The van der Waals surface area contributed by atoms with Crippen molar-refractivity contribution in [3.63, 3.8) is 0 Å². The van der Waals surface area contributed by atoms with Crippen molar-refractivity contribution < 1.29 is 18.4 Å². The van der Waals surface area contributed by atoms with Crippen LogP contribution < -0.4 is 5.73 Å². The average molecular weight is 251 g/mol. The van der Waals surface area contributed by atoms with Crippen molar-refractivity contribution >= 4 is 21.6 Å². The van der Waals surface area contributed by atoms with Gasteiger partial charge in [-0.05, 0) is 6.92 Å². The third kappa shape index (κ3) is 4.47. The number of nitrogens with zero attached hydrogens (tertiary/aromatic N) is 2. The van der Waals surface area contributed by atoms with E-state index in [0.717, 1.165) is 6.26 Å². The van der Waals surface area contributed by atoms with E-state index in [1.807, 2.05) is 0 Å². The van der Waals surface area contributed by atoms with E-state index in [0.29, 0.717) is 0 Å². The minimum atomic E-state index is -3.39. The first kappa shape index (κ1) is 14.7. The number of hydrogen-bond acceptors (Lipinski definition) is 5. The number of oxime groups is 1. The molecule has 16 heavy (non-hydrogen) atoms. The minimum absolute atomic E-state index is 0.00772. The molecule has 0 aromatic carbocycles. The zero-order valence-corrected chi connectivity index (χ0v) is 10.4. The number of carbonyl (C=O) groups is 1. The second-order valence-corrected chi connectivity index (χ2v) is 5.94. The third-order valence-corrected chi connectivity index (χ3v) is 3.68. The van der Waals surface area contributed by atoms with Crippen molar-refractivity contribution in [2.45, 2.75) is 18.6 Å². The molecule has 0 saturated heterocycles. The van der Waals surface area contributed by atoms with Gasteiger partial charge in [0, 0.05) is 26.3 Å². The Balaban J connectivity index is 4.41. The topological polar surface area (TPSA) is 113 Å². The Labute approximate surface area is 94.8 Å². The summed E-state index contributed by atoms with van der Waals surface area (Å²) >= 11 is 0. The first-order chi connectivity index (χ1) is 7.20. The second kappa shape index (κ2) is 5.69. The molecule has 1 unspecified atom stereocenters. The monoisotopic (exact) mass is 251 g/mol. The minimum Gasteiger partial charge on any atom is -0.409 e. The molecule has 7 nitrogen and oxygen atoms in total. The van der Waals surface area contributed by atoms with Gasteiger partial charge in [0.05, 0.1) is 0 Å². The summed E-state index contributed by atoms with van der Waals surface area (Å²) in [5, 5.41) is 9.96. The molecule has 0 rings (SSSR count). The van der Waals surface area contributed by atoms with Gasteiger partial charge in [0.1, 0.15) is 11.1 Å². The molecule has 0 radical (unpaired) electrons. The number of hydrogen-bond donors (Lipinski definition) is 2. The predicted octanol–water partition coefficient (Wildman–Crippen LogP) is -0.986. The van der Waals surface area contributed by atoms with Gasteiger partial charge in [-0.1, -0.05) is 5.16 Å². The summed E-state index contributed by atoms with van der Waals surface area (Å²) in [6.07, 6.45) is 1.20. The Kier molecular flexibility index (Phi) is 5.22. The SMILES string of the molecule is CC(C(=O)N(C)CCC(N)=NO)S(C)(=O)=O. The van der Waals surface area contributed by atoms with Gasteiger partial charge >= 0.3 is 0 Å². The maximum absolute atomic E-state index is 11.6. The van der Waals surface area contributed by atoms with Crippen molar-refractivity contribution in [1.29, 1.82) is 0 Å². The van der Waals surface area contributed by atoms with E-state index in [9.17, 15) is 13.2 Å². The lowest BCUT2D eigenvalue weighted by atomic mass is 10.3. The summed E-state index contributed by atoms with van der Waals surface area (Å²) in [6, 6.07) is 0. The van der Waals surface area contributed by atoms with E-state index >= 15 is 0 Å². The fourth-order valence-corrected chi connectivity index (χ4v) is 1.48. The van der Waals surface area contributed by atoms with Crippen molar-refractivity contribution in [2.24, 2.45) is 10.9 Å². The molecule has 0 aromatic rings. The van der Waals surface area contributed by atoms with Crippen LogP contribution in [0.3, 0.4) is 0 Å². The Morgan fingerprint density at radius 2 is 2.06 bits per heavy atom. The molecule has 0 fully saturated rings. The molecule has 0 heterocycles. The Morgan fingerprint density at radius 3 is 2.44 bits per heavy atom. The number of amides is 1. The quantitative estimate of drug-likeness (QED) is 0.282. The summed E-state index contributed by atoms with van der Waals surface area (Å²) < 4.78 is 22.3. The van der Waals surface area contributed by atoms with Crippen molar-refractivity contribution in [3.05, 3.63) is 0 Å². The molecule has 0 aliphatic heterocycles. The highest BCUT2D eigenvalue weighted by atomic mass is 32.2. The summed E-state index contributed by atoms with van der Waals surface area (Å²) in [5.74, 6) is -0.514. The molecular formula is C8H17N3O4S. The van der Waals surface area contributed by atoms with Gasteiger partial charge in [-0.2, -0.15) is 0 Å². The molecule has 1 amide bonds. The first-order valence-electron chi connectivity index (χ1n) is 4.60. The molecule has 0 bridgehead atoms. The van der Waals surface area contributed by atoms with E-state index in [-0.39, 0.29) is 18.8 Å². The third-order valence-electron chi connectivity index (χ3n) is 2.20. The fourth-order valence-electron chi connectivity index (χ4n) is 0.936. The van der Waals surface area contributed by atoms with Gasteiger partial charge in [0.2, 0.25) is 5.91 Å². The largest absolute Gasteiger partial charge is 0.409 e. The molecule has 0 aliphatic rings. The standard InChI is InChI=1S/C8H17N3O4S/c1-6(16(3,14)15)8(12)11(2)5-4-7(9)10-13/h6,13H,4-5H2,1-3H3,(H2,9,10). The molecule has 1 atom stereocenters. The first-order valence-corrected chi connectivity index (χ1v) is 6.55. The molecule has 94 valence electrons. The highest BCUT2D eigenvalue weighted by molar-refractivity contribution is 7.92. The van der Waals surface area contributed by atoms with Gasteiger partial charge in [-0.3, -0.25) is 4.79 Å². The zero-order valence-electron chi connectivity index (χ0n) is 9.54. The maximum atomic E-state index is 11.6. The van der Waals surface area contributed by atoms with E-state index in [1.165, 1.54) is 18.9 Å². The maximum Gasteiger partial charge on any atom is 0.240 e. The van der Waals surface area contributed by atoms with Gasteiger partial charge in [0.15, 0.2) is 9.84 Å². The number of nitrogens with two attached hydrogens (primary N) is 1. The average Bonchev–Trinajstić information content (AvgIpc) is 2.21. The highest BCUT2D eigenvalue weighted by Gasteiger charge is 2.26. The lowest BCUT2D eigenvalue weighted by Crippen LogP contribution is -2.40. The van der Waals surface area contributed by atoms with Gasteiger partial charge in [-0.15, -0.1) is 0 Å². The van der Waals surface area contributed by atoms with Crippen LogP contribution in [0, 0.1) is 0 Å². The predicted molar refractivity (Wildman–Crippen MR) is 60.0 cm³/mol. The highest BCUT2D eigenvalue weighted by Crippen LogP contribution is 2.03. The van der Waals surface area contributed by atoms with Crippen molar-refractivity contribution in [1.82, 2.24) is 4.90 Å². The summed E-state index contributed by atoms with van der Waals surface area (Å²) in [4.78, 5) is 12.8. The van der Waals surface area contributed by atoms with Crippen LogP contribution in [0.15, 0.2) is 5.16 Å². The fraction of sp³-hybridized carbons (Fsp3) is 0.750. The lowest BCUT2D eigenvalue weighted by molar-refractivity contribution is -0.129. The Morgan fingerprint density at radius 1 is 1.56 bits per heavy atom. The van der Waals surface area contributed by atoms with Gasteiger partial charge < -0.3 is 15.8 Å². The Bertz CT molecular complexity index is 377. The molecule has 0 aromatic heterocycles. The summed E-state index contributed by atoms with van der Waals surface area (Å²) in [5.41, 5.74) is 5.23. The smallest absolute Gasteiger partial charge is 0.240 e. The molecule has 0 spiro atoms. The number of carbonyl (C=O) groups excluding carboxylic acids is 1.